The lowest BCUT2D eigenvalue weighted by molar-refractivity contribution is 0.740. The monoisotopic (exact) mass is 228 g/mol. The van der Waals surface area contributed by atoms with Gasteiger partial charge in [-0.25, -0.2) is 0 Å². The quantitative estimate of drug-likeness (QED) is 0.601. The van der Waals surface area contributed by atoms with Gasteiger partial charge >= 0.3 is 0 Å². The second kappa shape index (κ2) is 4.03. The van der Waals surface area contributed by atoms with Crippen LogP contribution in [0.15, 0.2) is 16.6 Å². The average Bonchev–Trinajstić information content (AvgIpc) is 2.01. The Morgan fingerprint density at radius 2 is 1.83 bits per heavy atom. The molecule has 0 atom stereocenters. The summed E-state index contributed by atoms with van der Waals surface area (Å²) in [6, 6.07) is 4.24. The summed E-state index contributed by atoms with van der Waals surface area (Å²) in [5.74, 6) is 5.24. The van der Waals surface area contributed by atoms with Crippen molar-refractivity contribution in [3.05, 3.63) is 33.3 Å². The average molecular weight is 229 g/mol. The molecule has 0 aliphatic carbocycles. The van der Waals surface area contributed by atoms with Crippen molar-refractivity contribution in [3.8, 4) is 0 Å². The number of benzene rings is 1. The van der Waals surface area contributed by atoms with E-state index in [4.69, 9.17) is 5.84 Å². The van der Waals surface area contributed by atoms with Gasteiger partial charge in [0.1, 0.15) is 0 Å². The third kappa shape index (κ3) is 2.06. The number of nitrogens with one attached hydrogen (secondary N) is 1. The largest absolute Gasteiger partial charge is 0.271 e. The second-order valence-corrected chi connectivity index (χ2v) is 3.72. The van der Waals surface area contributed by atoms with Crippen LogP contribution in [-0.2, 0) is 6.54 Å². The lowest BCUT2D eigenvalue weighted by Crippen LogP contribution is -2.20. The van der Waals surface area contributed by atoms with E-state index in [2.05, 4.69) is 47.3 Å². The van der Waals surface area contributed by atoms with Crippen LogP contribution in [0.5, 0.6) is 0 Å². The first-order valence-electron chi connectivity index (χ1n) is 3.84. The molecule has 0 aromatic heterocycles. The summed E-state index contributed by atoms with van der Waals surface area (Å²) in [7, 11) is 0. The van der Waals surface area contributed by atoms with Gasteiger partial charge in [0.05, 0.1) is 0 Å². The molecule has 12 heavy (non-hydrogen) atoms. The van der Waals surface area contributed by atoms with Crippen molar-refractivity contribution in [1.29, 1.82) is 0 Å². The zero-order valence-corrected chi connectivity index (χ0v) is 8.90. The summed E-state index contributed by atoms with van der Waals surface area (Å²) in [5.41, 5.74) is 6.36. The molecule has 1 aromatic carbocycles. The number of hydrazine groups is 1. The Morgan fingerprint density at radius 3 is 2.25 bits per heavy atom. The zero-order chi connectivity index (χ0) is 9.14. The van der Waals surface area contributed by atoms with Gasteiger partial charge in [0.15, 0.2) is 0 Å². The van der Waals surface area contributed by atoms with Crippen molar-refractivity contribution < 1.29 is 0 Å². The van der Waals surface area contributed by atoms with Gasteiger partial charge in [-0.15, -0.1) is 0 Å². The van der Waals surface area contributed by atoms with Crippen LogP contribution >= 0.6 is 15.9 Å². The second-order valence-electron chi connectivity index (χ2n) is 2.92. The van der Waals surface area contributed by atoms with E-state index in [1.54, 1.807) is 0 Å². The van der Waals surface area contributed by atoms with Crippen molar-refractivity contribution in [1.82, 2.24) is 5.43 Å². The molecule has 0 saturated heterocycles. The summed E-state index contributed by atoms with van der Waals surface area (Å²) < 4.78 is 1.18. The molecule has 0 radical (unpaired) electrons. The van der Waals surface area contributed by atoms with Crippen molar-refractivity contribution in [2.45, 2.75) is 20.4 Å². The smallest absolute Gasteiger partial charge is 0.0348 e. The molecule has 0 bridgehead atoms. The van der Waals surface area contributed by atoms with E-state index in [0.29, 0.717) is 0 Å². The molecule has 0 saturated carbocycles. The fourth-order valence-corrected chi connectivity index (χ4v) is 1.48. The highest BCUT2D eigenvalue weighted by atomic mass is 79.9. The topological polar surface area (TPSA) is 38.0 Å². The summed E-state index contributed by atoms with van der Waals surface area (Å²) in [5, 5.41) is 0. The van der Waals surface area contributed by atoms with Crippen LogP contribution in [0.4, 0.5) is 0 Å². The summed E-state index contributed by atoms with van der Waals surface area (Å²) in [6.07, 6.45) is 0. The molecule has 3 N–H and O–H groups in total. The number of aryl methyl sites for hydroxylation is 2. The summed E-state index contributed by atoms with van der Waals surface area (Å²) in [6.45, 7) is 4.88. The van der Waals surface area contributed by atoms with E-state index in [1.807, 2.05) is 0 Å². The Morgan fingerprint density at radius 1 is 1.33 bits per heavy atom. The van der Waals surface area contributed by atoms with Gasteiger partial charge in [0, 0.05) is 11.0 Å². The lowest BCUT2D eigenvalue weighted by atomic mass is 10.1. The van der Waals surface area contributed by atoms with Gasteiger partial charge in [-0.1, -0.05) is 28.1 Å². The molecule has 0 heterocycles. The fraction of sp³-hybridized carbons (Fsp3) is 0.333. The molecule has 3 heteroatoms. The molecule has 1 aromatic rings. The Balaban J connectivity index is 3.04. The van der Waals surface area contributed by atoms with Crippen LogP contribution in [0, 0.1) is 13.8 Å². The van der Waals surface area contributed by atoms with E-state index in [0.717, 1.165) is 6.54 Å². The van der Waals surface area contributed by atoms with Gasteiger partial charge in [-0.05, 0) is 30.5 Å². The lowest BCUT2D eigenvalue weighted by Gasteiger charge is -2.06. The fourth-order valence-electron chi connectivity index (χ4n) is 1.26. The number of rotatable bonds is 2. The maximum atomic E-state index is 5.24. The summed E-state index contributed by atoms with van der Waals surface area (Å²) in [4.78, 5) is 0. The summed E-state index contributed by atoms with van der Waals surface area (Å²) >= 11 is 3.51. The van der Waals surface area contributed by atoms with Crippen molar-refractivity contribution in [3.63, 3.8) is 0 Å². The zero-order valence-electron chi connectivity index (χ0n) is 7.32. The normalized spacial score (nSPS) is 10.3. The first kappa shape index (κ1) is 9.71. The maximum Gasteiger partial charge on any atom is 0.0348 e. The first-order chi connectivity index (χ1) is 5.65. The van der Waals surface area contributed by atoms with Gasteiger partial charge in [0.25, 0.3) is 0 Å². The van der Waals surface area contributed by atoms with Gasteiger partial charge < -0.3 is 0 Å². The SMILES string of the molecule is Cc1cc(CNN)cc(C)c1Br. The van der Waals surface area contributed by atoms with Crippen LogP contribution in [-0.4, -0.2) is 0 Å². The molecule has 0 spiro atoms. The molecule has 0 aliphatic heterocycles. The minimum atomic E-state index is 0.717. The third-order valence-electron chi connectivity index (χ3n) is 1.80. The van der Waals surface area contributed by atoms with E-state index >= 15 is 0 Å². The van der Waals surface area contributed by atoms with Gasteiger partial charge in [-0.3, -0.25) is 11.3 Å². The van der Waals surface area contributed by atoms with Crippen LogP contribution < -0.4 is 11.3 Å². The number of nitrogens with two attached hydrogens (primary N) is 1. The van der Waals surface area contributed by atoms with E-state index in [9.17, 15) is 0 Å². The Hall–Kier alpha value is -0.380. The highest BCUT2D eigenvalue weighted by Gasteiger charge is 2.00. The van der Waals surface area contributed by atoms with E-state index < -0.39 is 0 Å². The van der Waals surface area contributed by atoms with Gasteiger partial charge in [-0.2, -0.15) is 0 Å². The van der Waals surface area contributed by atoms with Crippen LogP contribution in [0.25, 0.3) is 0 Å². The molecular formula is C9H13BrN2. The number of hydrogen-bond acceptors (Lipinski definition) is 2. The first-order valence-corrected chi connectivity index (χ1v) is 4.63. The van der Waals surface area contributed by atoms with Crippen molar-refractivity contribution >= 4 is 15.9 Å². The molecular weight excluding hydrogens is 216 g/mol. The standard InChI is InChI=1S/C9H13BrN2/c1-6-3-8(5-12-11)4-7(2)9(6)10/h3-4,12H,5,11H2,1-2H3. The molecule has 2 nitrogen and oxygen atoms in total. The molecule has 0 fully saturated rings. The highest BCUT2D eigenvalue weighted by Crippen LogP contribution is 2.22. The predicted octanol–water partition coefficient (Wildman–Crippen LogP) is 2.03. The van der Waals surface area contributed by atoms with Crippen LogP contribution in [0.3, 0.4) is 0 Å². The molecule has 0 unspecified atom stereocenters. The minimum absolute atomic E-state index is 0.717. The molecule has 0 amide bonds. The van der Waals surface area contributed by atoms with Crippen LogP contribution in [0.1, 0.15) is 16.7 Å². The Kier molecular flexibility index (Phi) is 3.26. The molecule has 66 valence electrons. The van der Waals surface area contributed by atoms with Gasteiger partial charge in [0.2, 0.25) is 0 Å². The molecule has 0 aliphatic rings. The predicted molar refractivity (Wildman–Crippen MR) is 54.6 cm³/mol. The maximum absolute atomic E-state index is 5.24. The van der Waals surface area contributed by atoms with E-state index in [-0.39, 0.29) is 0 Å². The number of hydrogen-bond donors (Lipinski definition) is 2. The van der Waals surface area contributed by atoms with Crippen LogP contribution in [0.2, 0.25) is 0 Å². The Labute approximate surface area is 81.3 Å². The molecule has 1 rings (SSSR count). The van der Waals surface area contributed by atoms with Crippen molar-refractivity contribution in [2.75, 3.05) is 0 Å². The Bertz CT molecular complexity index is 261. The highest BCUT2D eigenvalue weighted by molar-refractivity contribution is 9.10. The minimum Gasteiger partial charge on any atom is -0.271 e. The number of halogens is 1. The van der Waals surface area contributed by atoms with E-state index in [1.165, 1.54) is 21.2 Å². The third-order valence-corrected chi connectivity index (χ3v) is 3.05. The van der Waals surface area contributed by atoms with Crippen molar-refractivity contribution in [2.24, 2.45) is 5.84 Å².